The lowest BCUT2D eigenvalue weighted by Gasteiger charge is -2.14. The molecule has 2 N–H and O–H groups in total. The van der Waals surface area contributed by atoms with E-state index in [2.05, 4.69) is 10.9 Å². The number of esters is 1. The second-order valence-electron chi connectivity index (χ2n) is 5.05. The van der Waals surface area contributed by atoms with E-state index in [-0.39, 0.29) is 5.56 Å². The highest BCUT2D eigenvalue weighted by atomic mass is 16.5. The molecule has 0 heterocycles. The highest BCUT2D eigenvalue weighted by Crippen LogP contribution is 2.07. The molecule has 0 aliphatic carbocycles. The average molecular weight is 337 g/mol. The lowest BCUT2D eigenvalue weighted by molar-refractivity contribution is -0.129. The summed E-state index contributed by atoms with van der Waals surface area (Å²) in [6.07, 6.45) is -1.13. The van der Waals surface area contributed by atoms with Crippen LogP contribution in [0.5, 0.6) is 0 Å². The van der Waals surface area contributed by atoms with Crippen LogP contribution in [0.3, 0.4) is 0 Å². The van der Waals surface area contributed by atoms with Crippen LogP contribution in [0.4, 0.5) is 0 Å². The van der Waals surface area contributed by atoms with Crippen molar-refractivity contribution in [3.63, 3.8) is 0 Å². The van der Waals surface area contributed by atoms with E-state index in [1.54, 1.807) is 42.5 Å². The van der Waals surface area contributed by atoms with E-state index < -0.39 is 23.9 Å². The number of nitriles is 1. The summed E-state index contributed by atoms with van der Waals surface area (Å²) in [6, 6.07) is 16.2. The van der Waals surface area contributed by atoms with Crippen molar-refractivity contribution in [3.8, 4) is 6.07 Å². The molecule has 2 aromatic rings. The van der Waals surface area contributed by atoms with Crippen LogP contribution in [-0.4, -0.2) is 23.9 Å². The zero-order valence-electron chi connectivity index (χ0n) is 13.4. The largest absolute Gasteiger partial charge is 0.449 e. The lowest BCUT2D eigenvalue weighted by atomic mass is 10.1. The van der Waals surface area contributed by atoms with E-state index in [1.165, 1.54) is 19.1 Å². The molecule has 7 heteroatoms. The molecule has 0 radical (unpaired) electrons. The SMILES string of the molecule is C[C@H](OC(=O)c1cccc(C#N)c1)C(=O)NNC(=O)c1ccccc1. The highest BCUT2D eigenvalue weighted by molar-refractivity contribution is 5.96. The number of rotatable bonds is 4. The average Bonchev–Trinajstić information content (AvgIpc) is 2.66. The van der Waals surface area contributed by atoms with E-state index >= 15 is 0 Å². The number of amides is 2. The number of nitrogens with one attached hydrogen (secondary N) is 2. The summed E-state index contributed by atoms with van der Waals surface area (Å²) < 4.78 is 5.02. The summed E-state index contributed by atoms with van der Waals surface area (Å²) in [4.78, 5) is 35.7. The van der Waals surface area contributed by atoms with Crippen LogP contribution in [0.25, 0.3) is 0 Å². The number of hydrogen-bond acceptors (Lipinski definition) is 5. The summed E-state index contributed by atoms with van der Waals surface area (Å²) >= 11 is 0. The molecule has 25 heavy (non-hydrogen) atoms. The topological polar surface area (TPSA) is 108 Å². The fourth-order valence-electron chi connectivity index (χ4n) is 1.88. The van der Waals surface area contributed by atoms with Gasteiger partial charge in [-0.1, -0.05) is 24.3 Å². The first-order valence-electron chi connectivity index (χ1n) is 7.37. The molecule has 0 bridgehead atoms. The van der Waals surface area contributed by atoms with Gasteiger partial charge in [0, 0.05) is 5.56 Å². The quantitative estimate of drug-likeness (QED) is 0.650. The Balaban J connectivity index is 1.88. The van der Waals surface area contributed by atoms with Gasteiger partial charge in [0.1, 0.15) is 0 Å². The first-order valence-corrected chi connectivity index (χ1v) is 7.37. The fourth-order valence-corrected chi connectivity index (χ4v) is 1.88. The molecule has 0 aromatic heterocycles. The number of hydrogen-bond donors (Lipinski definition) is 2. The third kappa shape index (κ3) is 4.91. The maximum absolute atomic E-state index is 12.0. The molecule has 0 spiro atoms. The van der Waals surface area contributed by atoms with Gasteiger partial charge in [0.2, 0.25) is 0 Å². The molecule has 0 aliphatic rings. The minimum Gasteiger partial charge on any atom is -0.449 e. The minimum absolute atomic E-state index is 0.159. The molecule has 0 unspecified atom stereocenters. The van der Waals surface area contributed by atoms with E-state index in [1.807, 2.05) is 6.07 Å². The van der Waals surface area contributed by atoms with Crippen molar-refractivity contribution in [3.05, 3.63) is 71.3 Å². The predicted molar refractivity (Wildman–Crippen MR) is 88.1 cm³/mol. The molecule has 2 aromatic carbocycles. The number of ether oxygens (including phenoxy) is 1. The monoisotopic (exact) mass is 337 g/mol. The van der Waals surface area contributed by atoms with Gasteiger partial charge in [-0.05, 0) is 37.3 Å². The van der Waals surface area contributed by atoms with Crippen molar-refractivity contribution in [2.24, 2.45) is 0 Å². The zero-order chi connectivity index (χ0) is 18.2. The first kappa shape index (κ1) is 17.7. The van der Waals surface area contributed by atoms with Gasteiger partial charge in [0.15, 0.2) is 6.10 Å². The normalized spacial score (nSPS) is 10.9. The van der Waals surface area contributed by atoms with Gasteiger partial charge in [0.25, 0.3) is 11.8 Å². The van der Waals surface area contributed by atoms with Gasteiger partial charge < -0.3 is 4.74 Å². The Kier molecular flexibility index (Phi) is 5.85. The van der Waals surface area contributed by atoms with E-state index in [0.717, 1.165) is 0 Å². The second kappa shape index (κ2) is 8.26. The molecule has 0 saturated heterocycles. The van der Waals surface area contributed by atoms with Crippen LogP contribution in [0.2, 0.25) is 0 Å². The van der Waals surface area contributed by atoms with Gasteiger partial charge in [-0.15, -0.1) is 0 Å². The third-order valence-electron chi connectivity index (χ3n) is 3.22. The van der Waals surface area contributed by atoms with Crippen molar-refractivity contribution in [1.82, 2.24) is 10.9 Å². The molecular formula is C18H15N3O4. The Morgan fingerprint density at radius 2 is 1.68 bits per heavy atom. The Morgan fingerprint density at radius 1 is 1.00 bits per heavy atom. The van der Waals surface area contributed by atoms with Crippen LogP contribution in [0, 0.1) is 11.3 Å². The van der Waals surface area contributed by atoms with Crippen LogP contribution in [-0.2, 0) is 9.53 Å². The molecule has 126 valence electrons. The third-order valence-corrected chi connectivity index (χ3v) is 3.22. The predicted octanol–water partition coefficient (Wildman–Crippen LogP) is 1.56. The zero-order valence-corrected chi connectivity index (χ0v) is 13.4. The van der Waals surface area contributed by atoms with Crippen LogP contribution < -0.4 is 10.9 Å². The van der Waals surface area contributed by atoms with Crippen molar-refractivity contribution in [1.29, 1.82) is 5.26 Å². The number of hydrazine groups is 1. The van der Waals surface area contributed by atoms with E-state index in [0.29, 0.717) is 11.1 Å². The Labute approximate surface area is 144 Å². The Hall–Kier alpha value is -3.66. The van der Waals surface area contributed by atoms with E-state index in [9.17, 15) is 14.4 Å². The molecule has 0 saturated carbocycles. The number of benzene rings is 2. The summed E-state index contributed by atoms with van der Waals surface area (Å²) in [5, 5.41) is 8.82. The maximum atomic E-state index is 12.0. The molecule has 0 aliphatic heterocycles. The number of carbonyl (C=O) groups is 3. The Morgan fingerprint density at radius 3 is 2.36 bits per heavy atom. The molecule has 0 fully saturated rings. The lowest BCUT2D eigenvalue weighted by Crippen LogP contribution is -2.46. The van der Waals surface area contributed by atoms with Gasteiger partial charge in [-0.25, -0.2) is 4.79 Å². The van der Waals surface area contributed by atoms with Crippen molar-refractivity contribution >= 4 is 17.8 Å². The Bertz CT molecular complexity index is 828. The number of carbonyl (C=O) groups excluding carboxylic acids is 3. The summed E-state index contributed by atoms with van der Waals surface area (Å²) in [5.41, 5.74) is 5.27. The molecule has 2 rings (SSSR count). The van der Waals surface area contributed by atoms with Crippen molar-refractivity contribution < 1.29 is 19.1 Å². The number of nitrogens with zero attached hydrogens (tertiary/aromatic N) is 1. The minimum atomic E-state index is -1.13. The van der Waals surface area contributed by atoms with Crippen molar-refractivity contribution in [2.45, 2.75) is 13.0 Å². The highest BCUT2D eigenvalue weighted by Gasteiger charge is 2.19. The van der Waals surface area contributed by atoms with Crippen LogP contribution in [0.15, 0.2) is 54.6 Å². The maximum Gasteiger partial charge on any atom is 0.338 e. The molecule has 1 atom stereocenters. The van der Waals surface area contributed by atoms with Gasteiger partial charge in [0.05, 0.1) is 17.2 Å². The summed E-state index contributed by atoms with van der Waals surface area (Å²) in [7, 11) is 0. The van der Waals surface area contributed by atoms with E-state index in [4.69, 9.17) is 10.00 Å². The first-order chi connectivity index (χ1) is 12.0. The smallest absolute Gasteiger partial charge is 0.338 e. The van der Waals surface area contributed by atoms with Crippen LogP contribution in [0.1, 0.15) is 33.2 Å². The van der Waals surface area contributed by atoms with Gasteiger partial charge in [-0.2, -0.15) is 5.26 Å². The molecule has 2 amide bonds. The summed E-state index contributed by atoms with van der Waals surface area (Å²) in [5.74, 6) is -1.92. The van der Waals surface area contributed by atoms with Gasteiger partial charge >= 0.3 is 5.97 Å². The second-order valence-corrected chi connectivity index (χ2v) is 5.05. The standard InChI is InChI=1S/C18H15N3O4/c1-12(25-18(24)15-9-5-6-13(10-15)11-19)16(22)20-21-17(23)14-7-3-2-4-8-14/h2-10,12H,1H3,(H,20,22)(H,21,23)/t12-/m0/s1. The summed E-state index contributed by atoms with van der Waals surface area (Å²) in [6.45, 7) is 1.37. The van der Waals surface area contributed by atoms with Gasteiger partial charge in [-0.3, -0.25) is 20.4 Å². The fraction of sp³-hybridized carbons (Fsp3) is 0.111. The molecular weight excluding hydrogens is 322 g/mol. The van der Waals surface area contributed by atoms with Crippen LogP contribution >= 0.6 is 0 Å². The molecule has 7 nitrogen and oxygen atoms in total. The van der Waals surface area contributed by atoms with Crippen molar-refractivity contribution in [2.75, 3.05) is 0 Å².